The van der Waals surface area contributed by atoms with E-state index in [-0.39, 0.29) is 42.3 Å². The molecule has 4 heterocycles. The van der Waals surface area contributed by atoms with Gasteiger partial charge in [0, 0.05) is 54.5 Å². The van der Waals surface area contributed by atoms with Gasteiger partial charge in [0.1, 0.15) is 11.4 Å². The number of fused-ring (bicyclic) bond motifs is 1. The molecule has 5 rings (SSSR count). The number of anilines is 1. The number of piperidine rings is 1. The second kappa shape index (κ2) is 11.1. The van der Waals surface area contributed by atoms with Gasteiger partial charge < -0.3 is 24.8 Å². The minimum atomic E-state index is -1.74. The third-order valence-electron chi connectivity index (χ3n) is 8.06. The number of likely N-dealkylation sites (tertiary alicyclic amines) is 1. The summed E-state index contributed by atoms with van der Waals surface area (Å²) in [7, 11) is 0. The van der Waals surface area contributed by atoms with E-state index in [2.05, 4.69) is 15.3 Å². The summed E-state index contributed by atoms with van der Waals surface area (Å²) >= 11 is 0. The largest absolute Gasteiger partial charge is 0.390 e. The summed E-state index contributed by atoms with van der Waals surface area (Å²) in [5.74, 6) is -0.424. The fourth-order valence-electron chi connectivity index (χ4n) is 5.78. The molecule has 0 unspecified atom stereocenters. The van der Waals surface area contributed by atoms with Gasteiger partial charge in [-0.1, -0.05) is 6.07 Å². The molecular weight excluding hydrogens is 520 g/mol. The zero-order valence-electron chi connectivity index (χ0n) is 23.3. The first kappa shape index (κ1) is 28.5. The molecule has 3 N–H and O–H groups in total. The van der Waals surface area contributed by atoms with E-state index in [1.165, 1.54) is 6.92 Å². The van der Waals surface area contributed by atoms with Crippen molar-refractivity contribution in [2.45, 2.75) is 77.0 Å². The Kier molecular flexibility index (Phi) is 7.93. The first-order chi connectivity index (χ1) is 19.0. The zero-order valence-corrected chi connectivity index (χ0v) is 23.3. The highest BCUT2D eigenvalue weighted by Crippen LogP contribution is 2.31. The fourth-order valence-corrected chi connectivity index (χ4v) is 5.78. The molecule has 9 nitrogen and oxygen atoms in total. The van der Waals surface area contributed by atoms with Crippen molar-refractivity contribution in [3.8, 4) is 11.3 Å². The highest BCUT2D eigenvalue weighted by atomic mass is 19.1. The minimum Gasteiger partial charge on any atom is -0.390 e. The lowest BCUT2D eigenvalue weighted by atomic mass is 9.93. The Hall–Kier alpha value is -2.99. The van der Waals surface area contributed by atoms with Crippen molar-refractivity contribution in [1.29, 1.82) is 0 Å². The van der Waals surface area contributed by atoms with E-state index in [0.29, 0.717) is 54.6 Å². The second-order valence-electron chi connectivity index (χ2n) is 11.5. The van der Waals surface area contributed by atoms with Crippen LogP contribution >= 0.6 is 0 Å². The summed E-state index contributed by atoms with van der Waals surface area (Å²) in [5.41, 5.74) is 0.646. The smallest absolute Gasteiger partial charge is 0.223 e. The van der Waals surface area contributed by atoms with Crippen LogP contribution in [0.3, 0.4) is 0 Å². The van der Waals surface area contributed by atoms with E-state index in [1.807, 2.05) is 23.3 Å². The lowest BCUT2D eigenvalue weighted by Crippen LogP contribution is -2.52. The number of alkyl halides is 1. The number of aliphatic hydroxyl groups excluding tert-OH is 2. The van der Waals surface area contributed by atoms with Gasteiger partial charge >= 0.3 is 0 Å². The van der Waals surface area contributed by atoms with Gasteiger partial charge in [-0.15, -0.1) is 0 Å². The Labute approximate surface area is 231 Å². The lowest BCUT2D eigenvalue weighted by molar-refractivity contribution is -0.0597. The van der Waals surface area contributed by atoms with Crippen molar-refractivity contribution in [2.24, 2.45) is 0 Å². The van der Waals surface area contributed by atoms with Crippen molar-refractivity contribution in [2.75, 3.05) is 31.6 Å². The number of benzene rings is 1. The zero-order chi connectivity index (χ0) is 28.8. The molecule has 2 fully saturated rings. The molecule has 2 aliphatic heterocycles. The molecule has 0 amide bonds. The number of aromatic nitrogens is 3. The average Bonchev–Trinajstić information content (AvgIpc) is 2.91. The van der Waals surface area contributed by atoms with Crippen molar-refractivity contribution < 1.29 is 23.7 Å². The van der Waals surface area contributed by atoms with E-state index in [4.69, 9.17) is 4.74 Å². The van der Waals surface area contributed by atoms with E-state index in [0.717, 1.165) is 11.9 Å². The Bertz CT molecular complexity index is 1460. The van der Waals surface area contributed by atoms with Gasteiger partial charge in [-0.25, -0.2) is 18.7 Å². The van der Waals surface area contributed by atoms with Crippen LogP contribution in [-0.4, -0.2) is 79.9 Å². The molecule has 0 radical (unpaired) electrons. The van der Waals surface area contributed by atoms with E-state index >= 15 is 4.39 Å². The monoisotopic (exact) mass is 557 g/mol. The highest BCUT2D eigenvalue weighted by molar-refractivity contribution is 5.85. The molecule has 2 aliphatic rings. The van der Waals surface area contributed by atoms with Crippen LogP contribution in [0.5, 0.6) is 0 Å². The molecule has 11 heteroatoms. The Balaban J connectivity index is 1.56. The third-order valence-corrected chi connectivity index (χ3v) is 8.06. The van der Waals surface area contributed by atoms with Crippen LogP contribution in [0.4, 0.5) is 14.7 Å². The highest BCUT2D eigenvalue weighted by Gasteiger charge is 2.39. The summed E-state index contributed by atoms with van der Waals surface area (Å²) in [4.78, 5) is 23.9. The number of rotatable bonds is 6. The molecule has 0 spiro atoms. The van der Waals surface area contributed by atoms with Crippen LogP contribution in [0.2, 0.25) is 0 Å². The predicted octanol–water partition coefficient (Wildman–Crippen LogP) is 3.34. The van der Waals surface area contributed by atoms with E-state index < -0.39 is 23.7 Å². The quantitative estimate of drug-likeness (QED) is 0.423. The van der Waals surface area contributed by atoms with Gasteiger partial charge in [0.2, 0.25) is 5.95 Å². The molecule has 0 aliphatic carbocycles. The number of ether oxygens (including phenoxy) is 1. The first-order valence-electron chi connectivity index (χ1n) is 13.8. The SMILES string of the molecule is Cc1c(CN2CC[C@H](O)[C@](C)(F)C2)n(C(C)C)c2cc(-c3nc(N[C@@H]4CCOC[C@H]4O)ncc3F)ccc2c1=O. The maximum Gasteiger partial charge on any atom is 0.223 e. The Morgan fingerprint density at radius 3 is 2.75 bits per heavy atom. The standard InChI is InChI=1S/C29H37F2N5O4/c1-16(2)36-22-11-18(26-20(30)12-32-28(34-26)33-21-8-10-40-14-24(21)37)5-6-19(22)27(39)17(3)23(36)13-35-9-7-25(38)29(4,31)15-35/h5-6,11-12,16,21,24-25,37-38H,7-10,13-15H2,1-4H3,(H,32,33,34)/t21-,24-,25+,29-/m1/s1. The van der Waals surface area contributed by atoms with Crippen molar-refractivity contribution in [3.63, 3.8) is 0 Å². The van der Waals surface area contributed by atoms with E-state index in [1.54, 1.807) is 25.1 Å². The number of aliphatic hydroxyl groups is 2. The minimum absolute atomic E-state index is 0.0540. The molecule has 2 saturated heterocycles. The van der Waals surface area contributed by atoms with Crippen LogP contribution in [0.25, 0.3) is 22.2 Å². The second-order valence-corrected chi connectivity index (χ2v) is 11.5. The van der Waals surface area contributed by atoms with Crippen LogP contribution in [-0.2, 0) is 11.3 Å². The van der Waals surface area contributed by atoms with E-state index in [9.17, 15) is 19.4 Å². The predicted molar refractivity (Wildman–Crippen MR) is 149 cm³/mol. The van der Waals surface area contributed by atoms with Gasteiger partial charge in [-0.2, -0.15) is 0 Å². The fraction of sp³-hybridized carbons (Fsp3) is 0.552. The molecule has 1 aromatic carbocycles. The van der Waals surface area contributed by atoms with Gasteiger partial charge in [0.15, 0.2) is 11.2 Å². The number of halogens is 2. The molecule has 0 saturated carbocycles. The van der Waals surface area contributed by atoms with Crippen molar-refractivity contribution in [1.82, 2.24) is 19.4 Å². The van der Waals surface area contributed by atoms with Crippen molar-refractivity contribution in [3.05, 3.63) is 51.7 Å². The van der Waals surface area contributed by atoms with Crippen LogP contribution in [0.15, 0.2) is 29.2 Å². The van der Waals surface area contributed by atoms with Gasteiger partial charge in [-0.3, -0.25) is 9.69 Å². The maximum atomic E-state index is 15.1. The van der Waals surface area contributed by atoms with Crippen LogP contribution in [0, 0.1) is 12.7 Å². The van der Waals surface area contributed by atoms with Gasteiger partial charge in [-0.05, 0) is 52.7 Å². The number of hydrogen-bond acceptors (Lipinski definition) is 8. The van der Waals surface area contributed by atoms with Crippen LogP contribution < -0.4 is 10.7 Å². The number of nitrogens with zero attached hydrogens (tertiary/aromatic N) is 4. The third kappa shape index (κ3) is 5.47. The number of pyridine rings is 1. The first-order valence-corrected chi connectivity index (χ1v) is 13.8. The molecule has 4 atom stereocenters. The summed E-state index contributed by atoms with van der Waals surface area (Å²) in [6.07, 6.45) is 0.215. The lowest BCUT2D eigenvalue weighted by Gasteiger charge is -2.39. The molecule has 0 bridgehead atoms. The average molecular weight is 558 g/mol. The summed E-state index contributed by atoms with van der Waals surface area (Å²) in [6, 6.07) is 4.75. The normalized spacial score (nSPS) is 26.0. The molecule has 3 aromatic rings. The number of nitrogens with one attached hydrogen (secondary N) is 1. The summed E-state index contributed by atoms with van der Waals surface area (Å²) in [6.45, 7) is 8.80. The van der Waals surface area contributed by atoms with Gasteiger partial charge in [0.05, 0.1) is 36.6 Å². The molecular formula is C29H37F2N5O4. The van der Waals surface area contributed by atoms with Crippen LogP contribution in [0.1, 0.15) is 50.9 Å². The van der Waals surface area contributed by atoms with Crippen molar-refractivity contribution >= 4 is 16.9 Å². The topological polar surface area (TPSA) is 113 Å². The molecule has 40 heavy (non-hydrogen) atoms. The number of hydrogen-bond donors (Lipinski definition) is 3. The Morgan fingerprint density at radius 2 is 2.05 bits per heavy atom. The molecule has 2 aromatic heterocycles. The maximum absolute atomic E-state index is 15.1. The molecule has 216 valence electrons. The Morgan fingerprint density at radius 1 is 1.27 bits per heavy atom. The summed E-state index contributed by atoms with van der Waals surface area (Å²) < 4.78 is 37.3. The summed E-state index contributed by atoms with van der Waals surface area (Å²) in [5, 5.41) is 23.9. The van der Waals surface area contributed by atoms with Gasteiger partial charge in [0.25, 0.3) is 0 Å².